The fraction of sp³-hybridized carbons (Fsp3) is 0.935. The van der Waals surface area contributed by atoms with Crippen LogP contribution in [0.25, 0.3) is 0 Å². The molecule has 4 aliphatic carbocycles. The molecule has 0 aromatic carbocycles. The summed E-state index contributed by atoms with van der Waals surface area (Å²) in [4.78, 5) is 25.9. The summed E-state index contributed by atoms with van der Waals surface area (Å²) in [6.07, 6.45) is 11.6. The van der Waals surface area contributed by atoms with Crippen molar-refractivity contribution in [2.75, 3.05) is 7.11 Å². The predicted octanol–water partition coefficient (Wildman–Crippen LogP) is 6.99. The largest absolute Gasteiger partial charge is 0.468 e. The minimum Gasteiger partial charge on any atom is -0.468 e. The summed E-state index contributed by atoms with van der Waals surface area (Å²) in [6, 6.07) is 0. The number of carbonyl (C=O) groups is 2. The first-order valence-corrected chi connectivity index (χ1v) is 14.7. The number of fused-ring (bicyclic) bond motifs is 2. The number of esters is 1. The summed E-state index contributed by atoms with van der Waals surface area (Å²) in [6.45, 7) is 16.8. The highest BCUT2D eigenvalue weighted by molar-refractivity contribution is 6.01. The van der Waals surface area contributed by atoms with E-state index in [1.54, 1.807) is 0 Å². The molecule has 1 heterocycles. The first-order chi connectivity index (χ1) is 16.3. The van der Waals surface area contributed by atoms with Gasteiger partial charge in [0.1, 0.15) is 22.9 Å². The standard InChI is InChI=1S/C31H50O4/c1-19(2)10-9-11-20(3)23-12-14-29(7)27(23,5)16-17-30-28(6)18-22(26(33)34-8)25(32)21(4)24(28)13-15-31(29,30)35-30/h19-24H,9-18H2,1-8H3. The lowest BCUT2D eigenvalue weighted by Crippen LogP contribution is -2.65. The molecule has 5 fully saturated rings. The van der Waals surface area contributed by atoms with E-state index >= 15 is 0 Å². The zero-order chi connectivity index (χ0) is 25.6. The van der Waals surface area contributed by atoms with Crippen LogP contribution >= 0.6 is 0 Å². The van der Waals surface area contributed by atoms with Gasteiger partial charge in [0.05, 0.1) is 7.11 Å². The molecule has 0 radical (unpaired) electrons. The molecule has 198 valence electrons. The van der Waals surface area contributed by atoms with Crippen LogP contribution in [-0.4, -0.2) is 30.1 Å². The van der Waals surface area contributed by atoms with Crippen LogP contribution in [0.3, 0.4) is 0 Å². The van der Waals surface area contributed by atoms with Gasteiger partial charge in [0, 0.05) is 16.7 Å². The number of ketones is 1. The quantitative estimate of drug-likeness (QED) is 0.231. The van der Waals surface area contributed by atoms with Gasteiger partial charge in [-0.3, -0.25) is 9.59 Å². The Morgan fingerprint density at radius 2 is 1.71 bits per heavy atom. The lowest BCUT2D eigenvalue weighted by molar-refractivity contribution is -0.165. The summed E-state index contributed by atoms with van der Waals surface area (Å²) in [5.74, 6) is 1.60. The molecule has 0 aromatic rings. The Balaban J connectivity index is 1.45. The second kappa shape index (κ2) is 8.05. The summed E-state index contributed by atoms with van der Waals surface area (Å²) >= 11 is 0. The minimum atomic E-state index is -0.635. The zero-order valence-corrected chi connectivity index (χ0v) is 23.7. The molecule has 1 aliphatic heterocycles. The second-order valence-corrected chi connectivity index (χ2v) is 14.5. The van der Waals surface area contributed by atoms with Gasteiger partial charge in [-0.05, 0) is 74.0 Å². The van der Waals surface area contributed by atoms with Gasteiger partial charge in [-0.2, -0.15) is 0 Å². The fourth-order valence-corrected chi connectivity index (χ4v) is 10.9. The summed E-state index contributed by atoms with van der Waals surface area (Å²) < 4.78 is 12.3. The molecule has 5 aliphatic rings. The number of methoxy groups -OCH3 is 1. The Bertz CT molecular complexity index is 896. The molecule has 0 spiro atoms. The molecule has 0 bridgehead atoms. The van der Waals surface area contributed by atoms with Gasteiger partial charge in [0.2, 0.25) is 0 Å². The number of Topliss-reactive ketones (excluding diaryl/α,β-unsaturated/α-hetero) is 1. The maximum atomic E-state index is 13.2. The van der Waals surface area contributed by atoms with Crippen LogP contribution in [-0.2, 0) is 19.1 Å². The normalized spacial score (nSPS) is 51.2. The number of hydrogen-bond donors (Lipinski definition) is 0. The third-order valence-electron chi connectivity index (χ3n) is 13.1. The van der Waals surface area contributed by atoms with E-state index in [-0.39, 0.29) is 39.7 Å². The second-order valence-electron chi connectivity index (χ2n) is 14.5. The van der Waals surface area contributed by atoms with E-state index in [2.05, 4.69) is 48.5 Å². The zero-order valence-electron chi connectivity index (χ0n) is 23.7. The van der Waals surface area contributed by atoms with Crippen LogP contribution in [0.2, 0.25) is 0 Å². The number of hydrogen-bond acceptors (Lipinski definition) is 4. The fourth-order valence-electron chi connectivity index (χ4n) is 10.9. The van der Waals surface area contributed by atoms with Crippen LogP contribution in [0.15, 0.2) is 0 Å². The molecule has 0 aromatic heterocycles. The number of ether oxygens (including phenoxy) is 2. The third kappa shape index (κ3) is 3.01. The molecule has 35 heavy (non-hydrogen) atoms. The van der Waals surface area contributed by atoms with E-state index in [4.69, 9.17) is 9.47 Å². The van der Waals surface area contributed by atoms with Crippen LogP contribution < -0.4 is 0 Å². The molecule has 5 rings (SSSR count). The van der Waals surface area contributed by atoms with Gasteiger partial charge in [-0.25, -0.2) is 0 Å². The highest BCUT2D eigenvalue weighted by atomic mass is 16.6. The van der Waals surface area contributed by atoms with E-state index in [1.807, 2.05) is 0 Å². The maximum absolute atomic E-state index is 13.2. The first-order valence-electron chi connectivity index (χ1n) is 14.7. The van der Waals surface area contributed by atoms with Crippen LogP contribution in [0.5, 0.6) is 0 Å². The number of rotatable bonds is 6. The molecule has 0 amide bonds. The van der Waals surface area contributed by atoms with Crippen molar-refractivity contribution in [1.82, 2.24) is 0 Å². The molecule has 0 N–H and O–H groups in total. The van der Waals surface area contributed by atoms with Crippen LogP contribution in [0, 0.1) is 51.8 Å². The van der Waals surface area contributed by atoms with Gasteiger partial charge >= 0.3 is 5.97 Å². The van der Waals surface area contributed by atoms with Gasteiger partial charge in [0.15, 0.2) is 0 Å². The molecular formula is C31H50O4. The van der Waals surface area contributed by atoms with Crippen molar-refractivity contribution in [3.63, 3.8) is 0 Å². The van der Waals surface area contributed by atoms with Crippen molar-refractivity contribution in [1.29, 1.82) is 0 Å². The minimum absolute atomic E-state index is 0.0897. The van der Waals surface area contributed by atoms with Crippen molar-refractivity contribution in [3.05, 3.63) is 0 Å². The van der Waals surface area contributed by atoms with E-state index in [9.17, 15) is 9.59 Å². The molecule has 4 nitrogen and oxygen atoms in total. The molecule has 1 saturated heterocycles. The molecule has 4 saturated carbocycles. The van der Waals surface area contributed by atoms with E-state index < -0.39 is 5.92 Å². The first kappa shape index (κ1) is 25.7. The molecule has 10 unspecified atom stereocenters. The van der Waals surface area contributed by atoms with Crippen molar-refractivity contribution in [2.45, 2.75) is 124 Å². The SMILES string of the molecule is COC(=O)C1CC2(C)C(CCC34OC23CCC2(C)C(C(C)CCCC(C)C)CCC24C)C(C)C1=O. The molecule has 10 atom stereocenters. The topological polar surface area (TPSA) is 55.9 Å². The Morgan fingerprint density at radius 3 is 2.37 bits per heavy atom. The molecule has 4 heteroatoms. The Kier molecular flexibility index (Phi) is 5.92. The van der Waals surface area contributed by atoms with Gasteiger partial charge < -0.3 is 9.47 Å². The number of epoxide rings is 1. The number of carbonyl (C=O) groups excluding carboxylic acids is 2. The highest BCUT2D eigenvalue weighted by Crippen LogP contribution is 2.85. The van der Waals surface area contributed by atoms with Crippen molar-refractivity contribution in [2.24, 2.45) is 51.8 Å². The highest BCUT2D eigenvalue weighted by Gasteiger charge is 2.90. The average molecular weight is 487 g/mol. The monoisotopic (exact) mass is 486 g/mol. The summed E-state index contributed by atoms with van der Waals surface area (Å²) in [5, 5.41) is 0. The van der Waals surface area contributed by atoms with E-state index in [0.717, 1.165) is 37.0 Å². The van der Waals surface area contributed by atoms with Gasteiger partial charge in [-0.1, -0.05) is 67.7 Å². The third-order valence-corrected chi connectivity index (χ3v) is 13.1. The smallest absolute Gasteiger partial charge is 0.316 e. The van der Waals surface area contributed by atoms with Crippen molar-refractivity contribution >= 4 is 11.8 Å². The van der Waals surface area contributed by atoms with Gasteiger partial charge in [0.25, 0.3) is 0 Å². The van der Waals surface area contributed by atoms with Crippen molar-refractivity contribution in [3.8, 4) is 0 Å². The van der Waals surface area contributed by atoms with E-state index in [1.165, 1.54) is 45.6 Å². The predicted molar refractivity (Wildman–Crippen MR) is 138 cm³/mol. The molecular weight excluding hydrogens is 436 g/mol. The Labute approximate surface area is 213 Å². The van der Waals surface area contributed by atoms with Crippen LogP contribution in [0.1, 0.15) is 113 Å². The lowest BCUT2D eigenvalue weighted by atomic mass is 9.39. The lowest BCUT2D eigenvalue weighted by Gasteiger charge is -2.61. The summed E-state index contributed by atoms with van der Waals surface area (Å²) in [5.41, 5.74) is 0.0301. The maximum Gasteiger partial charge on any atom is 0.316 e. The Morgan fingerprint density at radius 1 is 1.00 bits per heavy atom. The van der Waals surface area contributed by atoms with E-state index in [0.29, 0.717) is 17.8 Å². The van der Waals surface area contributed by atoms with Gasteiger partial charge in [-0.15, -0.1) is 0 Å². The summed E-state index contributed by atoms with van der Waals surface area (Å²) in [7, 11) is 1.42. The van der Waals surface area contributed by atoms with Crippen LogP contribution in [0.4, 0.5) is 0 Å². The average Bonchev–Trinajstić information content (AvgIpc) is 3.44. The Hall–Kier alpha value is -0.900. The van der Waals surface area contributed by atoms with Crippen molar-refractivity contribution < 1.29 is 19.1 Å².